The molecule has 1 heterocycles. The molecular formula is C17H34N2. The van der Waals surface area contributed by atoms with Gasteiger partial charge in [-0.1, -0.05) is 33.1 Å². The lowest BCUT2D eigenvalue weighted by Gasteiger charge is -2.39. The molecule has 2 aliphatic rings. The van der Waals surface area contributed by atoms with Gasteiger partial charge in [0.15, 0.2) is 0 Å². The second kappa shape index (κ2) is 7.64. The van der Waals surface area contributed by atoms with Crippen molar-refractivity contribution in [2.45, 2.75) is 90.3 Å². The molecule has 1 saturated heterocycles. The zero-order valence-corrected chi connectivity index (χ0v) is 13.3. The molecule has 0 radical (unpaired) electrons. The summed E-state index contributed by atoms with van der Waals surface area (Å²) in [5.41, 5.74) is 0. The van der Waals surface area contributed by atoms with E-state index in [1.165, 1.54) is 64.5 Å². The molecule has 0 spiro atoms. The van der Waals surface area contributed by atoms with Gasteiger partial charge in [-0.05, 0) is 58.0 Å². The molecule has 4 unspecified atom stereocenters. The van der Waals surface area contributed by atoms with E-state index in [4.69, 9.17) is 0 Å². The Hall–Kier alpha value is -0.0800. The lowest BCUT2D eigenvalue weighted by molar-refractivity contribution is 0.115. The average molecular weight is 266 g/mol. The zero-order chi connectivity index (χ0) is 13.7. The van der Waals surface area contributed by atoms with Gasteiger partial charge in [0, 0.05) is 18.1 Å². The first-order valence-corrected chi connectivity index (χ1v) is 8.70. The summed E-state index contributed by atoms with van der Waals surface area (Å²) >= 11 is 0. The Kier molecular flexibility index (Phi) is 6.15. The highest BCUT2D eigenvalue weighted by Crippen LogP contribution is 2.28. The highest BCUT2D eigenvalue weighted by atomic mass is 15.2. The second-order valence-electron chi connectivity index (χ2n) is 6.97. The van der Waals surface area contributed by atoms with Crippen molar-refractivity contribution < 1.29 is 0 Å². The van der Waals surface area contributed by atoms with E-state index in [0.29, 0.717) is 6.04 Å². The predicted molar refractivity (Wildman–Crippen MR) is 83.5 cm³/mol. The Morgan fingerprint density at radius 2 is 1.68 bits per heavy atom. The monoisotopic (exact) mass is 266 g/mol. The fourth-order valence-electron chi connectivity index (χ4n) is 4.03. The molecule has 112 valence electrons. The van der Waals surface area contributed by atoms with E-state index in [9.17, 15) is 0 Å². The third-order valence-corrected chi connectivity index (χ3v) is 5.41. The summed E-state index contributed by atoms with van der Waals surface area (Å²) in [6.45, 7) is 9.80. The summed E-state index contributed by atoms with van der Waals surface area (Å²) in [6.07, 6.45) is 11.2. The highest BCUT2D eigenvalue weighted by Gasteiger charge is 2.27. The van der Waals surface area contributed by atoms with Crippen molar-refractivity contribution in [2.24, 2.45) is 5.92 Å². The average Bonchev–Trinajstić information content (AvgIpc) is 2.59. The zero-order valence-electron chi connectivity index (χ0n) is 13.3. The number of hydrogen-bond acceptors (Lipinski definition) is 2. The van der Waals surface area contributed by atoms with Gasteiger partial charge in [-0.2, -0.15) is 0 Å². The van der Waals surface area contributed by atoms with Crippen LogP contribution >= 0.6 is 0 Å². The lowest BCUT2D eigenvalue weighted by atomic mass is 9.93. The Morgan fingerprint density at radius 3 is 2.47 bits per heavy atom. The van der Waals surface area contributed by atoms with Crippen molar-refractivity contribution >= 4 is 0 Å². The summed E-state index contributed by atoms with van der Waals surface area (Å²) in [5.74, 6) is 0.908. The number of nitrogens with one attached hydrogen (secondary N) is 1. The van der Waals surface area contributed by atoms with E-state index in [-0.39, 0.29) is 0 Å². The van der Waals surface area contributed by atoms with Crippen LogP contribution in [0.1, 0.15) is 72.1 Å². The maximum atomic E-state index is 3.79. The van der Waals surface area contributed by atoms with Crippen LogP contribution in [0.4, 0.5) is 0 Å². The predicted octanol–water partition coefficient (Wildman–Crippen LogP) is 3.81. The molecule has 4 atom stereocenters. The molecule has 0 aromatic carbocycles. The molecule has 2 rings (SSSR count). The van der Waals surface area contributed by atoms with Gasteiger partial charge in [-0.3, -0.25) is 0 Å². The van der Waals surface area contributed by atoms with Crippen LogP contribution in [0.15, 0.2) is 0 Å². The van der Waals surface area contributed by atoms with Crippen LogP contribution in [0.2, 0.25) is 0 Å². The van der Waals surface area contributed by atoms with Gasteiger partial charge in [0.25, 0.3) is 0 Å². The second-order valence-corrected chi connectivity index (χ2v) is 6.97. The van der Waals surface area contributed by atoms with Gasteiger partial charge in [0.2, 0.25) is 0 Å². The molecule has 0 aromatic rings. The number of rotatable bonds is 2. The Morgan fingerprint density at radius 1 is 0.947 bits per heavy atom. The molecule has 2 nitrogen and oxygen atoms in total. The molecule has 0 amide bonds. The van der Waals surface area contributed by atoms with E-state index in [1.54, 1.807) is 0 Å². The molecule has 1 aliphatic heterocycles. The van der Waals surface area contributed by atoms with Gasteiger partial charge in [-0.25, -0.2) is 0 Å². The van der Waals surface area contributed by atoms with E-state index < -0.39 is 0 Å². The largest absolute Gasteiger partial charge is 0.311 e. The standard InChI is InChI=1S/C17H34N2/c1-4-16-11-13-19(12-10-15(3)18-16)17-9-7-5-6-8-14(17)2/h14-18H,4-13H2,1-3H3. The fourth-order valence-corrected chi connectivity index (χ4v) is 4.03. The SMILES string of the molecule is CCC1CCN(C2CCCCCC2C)CCC(C)N1. The van der Waals surface area contributed by atoms with E-state index in [0.717, 1.165) is 18.0 Å². The normalized spacial score (nSPS) is 39.3. The van der Waals surface area contributed by atoms with E-state index in [1.807, 2.05) is 0 Å². The first-order valence-electron chi connectivity index (χ1n) is 8.70. The number of nitrogens with zero attached hydrogens (tertiary/aromatic N) is 1. The van der Waals surface area contributed by atoms with Crippen LogP contribution in [-0.2, 0) is 0 Å². The van der Waals surface area contributed by atoms with Gasteiger partial charge in [0.1, 0.15) is 0 Å². The summed E-state index contributed by atoms with van der Waals surface area (Å²) in [6, 6.07) is 2.29. The van der Waals surface area contributed by atoms with Crippen LogP contribution in [0.3, 0.4) is 0 Å². The Labute approximate surface area is 120 Å². The molecule has 0 bridgehead atoms. The summed E-state index contributed by atoms with van der Waals surface area (Å²) in [7, 11) is 0. The highest BCUT2D eigenvalue weighted by molar-refractivity contribution is 4.84. The smallest absolute Gasteiger partial charge is 0.0121 e. The van der Waals surface area contributed by atoms with Crippen LogP contribution in [-0.4, -0.2) is 36.1 Å². The third kappa shape index (κ3) is 4.46. The number of hydrogen-bond donors (Lipinski definition) is 1. The molecule has 2 heteroatoms. The van der Waals surface area contributed by atoms with E-state index >= 15 is 0 Å². The maximum absolute atomic E-state index is 3.79. The van der Waals surface area contributed by atoms with Crippen molar-refractivity contribution in [1.29, 1.82) is 0 Å². The molecule has 19 heavy (non-hydrogen) atoms. The quantitative estimate of drug-likeness (QED) is 0.765. The van der Waals surface area contributed by atoms with Crippen molar-refractivity contribution in [3.63, 3.8) is 0 Å². The van der Waals surface area contributed by atoms with Gasteiger partial charge < -0.3 is 10.2 Å². The van der Waals surface area contributed by atoms with Crippen LogP contribution in [0, 0.1) is 5.92 Å². The van der Waals surface area contributed by atoms with E-state index in [2.05, 4.69) is 31.0 Å². The topological polar surface area (TPSA) is 15.3 Å². The Balaban J connectivity index is 1.96. The molecule has 2 fully saturated rings. The minimum Gasteiger partial charge on any atom is -0.311 e. The summed E-state index contributed by atoms with van der Waals surface area (Å²) in [4.78, 5) is 2.84. The molecule has 1 aliphatic carbocycles. The minimum absolute atomic E-state index is 0.689. The fraction of sp³-hybridized carbons (Fsp3) is 1.00. The third-order valence-electron chi connectivity index (χ3n) is 5.41. The van der Waals surface area contributed by atoms with Gasteiger partial charge >= 0.3 is 0 Å². The van der Waals surface area contributed by atoms with Gasteiger partial charge in [0.05, 0.1) is 0 Å². The van der Waals surface area contributed by atoms with Gasteiger partial charge in [-0.15, -0.1) is 0 Å². The summed E-state index contributed by atoms with van der Waals surface area (Å²) < 4.78 is 0. The first-order chi connectivity index (χ1) is 9.20. The van der Waals surface area contributed by atoms with Crippen LogP contribution in [0.5, 0.6) is 0 Å². The van der Waals surface area contributed by atoms with Crippen molar-refractivity contribution in [1.82, 2.24) is 10.2 Å². The van der Waals surface area contributed by atoms with Crippen molar-refractivity contribution in [2.75, 3.05) is 13.1 Å². The van der Waals surface area contributed by atoms with Crippen molar-refractivity contribution in [3.8, 4) is 0 Å². The van der Waals surface area contributed by atoms with Crippen LogP contribution < -0.4 is 5.32 Å². The summed E-state index contributed by atoms with van der Waals surface area (Å²) in [5, 5.41) is 3.79. The Bertz CT molecular complexity index is 254. The minimum atomic E-state index is 0.689. The molecule has 1 saturated carbocycles. The van der Waals surface area contributed by atoms with Crippen molar-refractivity contribution in [3.05, 3.63) is 0 Å². The maximum Gasteiger partial charge on any atom is 0.0121 e. The molecular weight excluding hydrogens is 232 g/mol. The molecule has 0 aromatic heterocycles. The molecule has 1 N–H and O–H groups in total. The van der Waals surface area contributed by atoms with Crippen LogP contribution in [0.25, 0.3) is 0 Å². The first kappa shape index (κ1) is 15.3. The lowest BCUT2D eigenvalue weighted by Crippen LogP contribution is -2.48.